The fourth-order valence-electron chi connectivity index (χ4n) is 3.10. The zero-order valence-corrected chi connectivity index (χ0v) is 12.4. The minimum Gasteiger partial charge on any atom is -0.297 e. The van der Waals surface area contributed by atoms with E-state index in [-0.39, 0.29) is 17.9 Å². The molecule has 5 heteroatoms. The van der Waals surface area contributed by atoms with E-state index >= 15 is 0 Å². The molecule has 1 aromatic rings. The van der Waals surface area contributed by atoms with Gasteiger partial charge in [0.2, 0.25) is 11.8 Å². The Balaban J connectivity index is 1.54. The smallest absolute Gasteiger partial charge is 0.246 e. The number of imide groups is 1. The molecule has 112 valence electrons. The molecule has 3 rings (SSSR count). The summed E-state index contributed by atoms with van der Waals surface area (Å²) in [6.07, 6.45) is 0.341. The third kappa shape index (κ3) is 2.99. The third-order valence-corrected chi connectivity index (χ3v) is 4.45. The van der Waals surface area contributed by atoms with Crippen molar-refractivity contribution < 1.29 is 9.59 Å². The first-order valence-corrected chi connectivity index (χ1v) is 7.46. The van der Waals surface area contributed by atoms with Crippen LogP contribution in [0.4, 0.5) is 0 Å². The van der Waals surface area contributed by atoms with Gasteiger partial charge in [-0.1, -0.05) is 30.3 Å². The quantitative estimate of drug-likeness (QED) is 0.762. The predicted molar refractivity (Wildman–Crippen MR) is 79.5 cm³/mol. The highest BCUT2D eigenvalue weighted by Crippen LogP contribution is 2.19. The minimum atomic E-state index is -0.235. The molecule has 1 atom stereocenters. The van der Waals surface area contributed by atoms with Gasteiger partial charge >= 0.3 is 0 Å². The van der Waals surface area contributed by atoms with Gasteiger partial charge < -0.3 is 0 Å². The first-order chi connectivity index (χ1) is 10.1. The summed E-state index contributed by atoms with van der Waals surface area (Å²) in [6.45, 7) is 4.54. The summed E-state index contributed by atoms with van der Waals surface area (Å²) in [5.41, 5.74) is 1.32. The van der Waals surface area contributed by atoms with Crippen LogP contribution in [0.5, 0.6) is 0 Å². The van der Waals surface area contributed by atoms with Gasteiger partial charge in [-0.25, -0.2) is 0 Å². The molecule has 0 aliphatic carbocycles. The number of rotatable bonds is 3. The number of hydrogen-bond acceptors (Lipinski definition) is 4. The highest BCUT2D eigenvalue weighted by molar-refractivity contribution is 6.05. The number of likely N-dealkylation sites (N-methyl/N-ethyl adjacent to an activating group) is 1. The maximum absolute atomic E-state index is 12.0. The number of amides is 2. The van der Waals surface area contributed by atoms with Crippen molar-refractivity contribution in [1.29, 1.82) is 0 Å². The highest BCUT2D eigenvalue weighted by atomic mass is 16.2. The fourth-order valence-corrected chi connectivity index (χ4v) is 3.10. The van der Waals surface area contributed by atoms with Gasteiger partial charge in [0.05, 0.1) is 12.5 Å². The van der Waals surface area contributed by atoms with Gasteiger partial charge in [0.15, 0.2) is 0 Å². The number of likely N-dealkylation sites (tertiary alicyclic amines) is 1. The van der Waals surface area contributed by atoms with E-state index in [1.165, 1.54) is 10.5 Å². The Hall–Kier alpha value is -1.72. The van der Waals surface area contributed by atoms with E-state index in [4.69, 9.17) is 0 Å². The molecule has 2 saturated heterocycles. The van der Waals surface area contributed by atoms with Crippen LogP contribution in [-0.4, -0.2) is 65.8 Å². The van der Waals surface area contributed by atoms with E-state index in [0.29, 0.717) is 6.42 Å². The van der Waals surface area contributed by atoms with E-state index in [9.17, 15) is 9.59 Å². The summed E-state index contributed by atoms with van der Waals surface area (Å²) in [4.78, 5) is 29.5. The number of piperazine rings is 1. The Labute approximate surface area is 125 Å². The molecule has 2 amide bonds. The highest BCUT2D eigenvalue weighted by Gasteiger charge is 2.40. The zero-order valence-electron chi connectivity index (χ0n) is 12.4. The maximum atomic E-state index is 12.0. The van der Waals surface area contributed by atoms with E-state index in [1.807, 2.05) is 6.07 Å². The van der Waals surface area contributed by atoms with E-state index in [2.05, 4.69) is 34.1 Å². The van der Waals surface area contributed by atoms with Crippen molar-refractivity contribution in [3.05, 3.63) is 35.9 Å². The van der Waals surface area contributed by atoms with Gasteiger partial charge in [0.1, 0.15) is 0 Å². The van der Waals surface area contributed by atoms with Crippen molar-refractivity contribution in [1.82, 2.24) is 14.7 Å². The van der Waals surface area contributed by atoms with Crippen LogP contribution in [-0.2, 0) is 16.1 Å². The van der Waals surface area contributed by atoms with Gasteiger partial charge in [-0.05, 0) is 5.56 Å². The Kier molecular flexibility index (Phi) is 4.03. The topological polar surface area (TPSA) is 43.9 Å². The molecule has 0 spiro atoms. The standard InChI is InChI=1S/C16H21N3O2/c1-17-15(20)11-14(16(17)21)19-9-7-18(8-10-19)12-13-5-3-2-4-6-13/h2-6,14H,7-12H2,1H3/t14-/m0/s1. The molecular weight excluding hydrogens is 266 g/mol. The lowest BCUT2D eigenvalue weighted by Crippen LogP contribution is -2.52. The van der Waals surface area contributed by atoms with Crippen molar-refractivity contribution in [2.45, 2.75) is 19.0 Å². The second kappa shape index (κ2) is 5.95. The summed E-state index contributed by atoms with van der Waals surface area (Å²) >= 11 is 0. The zero-order chi connectivity index (χ0) is 14.8. The molecule has 0 N–H and O–H groups in total. The molecule has 2 heterocycles. The molecule has 21 heavy (non-hydrogen) atoms. The van der Waals surface area contributed by atoms with Crippen LogP contribution in [0.2, 0.25) is 0 Å². The van der Waals surface area contributed by atoms with Crippen LogP contribution < -0.4 is 0 Å². The van der Waals surface area contributed by atoms with Gasteiger partial charge in [-0.2, -0.15) is 0 Å². The van der Waals surface area contributed by atoms with Crippen LogP contribution >= 0.6 is 0 Å². The van der Waals surface area contributed by atoms with Crippen molar-refractivity contribution in [3.63, 3.8) is 0 Å². The van der Waals surface area contributed by atoms with E-state index < -0.39 is 0 Å². The molecule has 0 radical (unpaired) electrons. The Bertz CT molecular complexity index is 524. The summed E-state index contributed by atoms with van der Waals surface area (Å²) in [5, 5.41) is 0. The molecule has 2 fully saturated rings. The molecule has 5 nitrogen and oxygen atoms in total. The van der Waals surface area contributed by atoms with Crippen molar-refractivity contribution in [2.24, 2.45) is 0 Å². The minimum absolute atomic E-state index is 0.0449. The number of carbonyl (C=O) groups is 2. The second-order valence-corrected chi connectivity index (χ2v) is 5.81. The number of nitrogens with zero attached hydrogens (tertiary/aromatic N) is 3. The lowest BCUT2D eigenvalue weighted by Gasteiger charge is -2.36. The Morgan fingerprint density at radius 3 is 2.29 bits per heavy atom. The van der Waals surface area contributed by atoms with E-state index in [0.717, 1.165) is 32.7 Å². The maximum Gasteiger partial charge on any atom is 0.246 e. The van der Waals surface area contributed by atoms with Crippen LogP contribution in [0.15, 0.2) is 30.3 Å². The lowest BCUT2D eigenvalue weighted by atomic mass is 10.1. The summed E-state index contributed by atoms with van der Waals surface area (Å²) < 4.78 is 0. The second-order valence-electron chi connectivity index (χ2n) is 5.81. The lowest BCUT2D eigenvalue weighted by molar-refractivity contribution is -0.138. The molecule has 0 bridgehead atoms. The molecule has 1 aromatic carbocycles. The first kappa shape index (κ1) is 14.2. The molecule has 0 saturated carbocycles. The summed E-state index contributed by atoms with van der Waals surface area (Å²) in [5.74, 6) is -0.103. The normalized spacial score (nSPS) is 24.8. The molecule has 2 aliphatic heterocycles. The largest absolute Gasteiger partial charge is 0.297 e. The Morgan fingerprint density at radius 1 is 1.05 bits per heavy atom. The Morgan fingerprint density at radius 2 is 1.71 bits per heavy atom. The number of hydrogen-bond donors (Lipinski definition) is 0. The average molecular weight is 287 g/mol. The SMILES string of the molecule is CN1C(=O)C[C@H](N2CCN(Cc3ccccc3)CC2)C1=O. The van der Waals surface area contributed by atoms with Crippen molar-refractivity contribution >= 4 is 11.8 Å². The summed E-state index contributed by atoms with van der Waals surface area (Å²) in [7, 11) is 1.58. The number of benzene rings is 1. The van der Waals surface area contributed by atoms with Gasteiger partial charge in [0.25, 0.3) is 0 Å². The molecule has 0 unspecified atom stereocenters. The van der Waals surface area contributed by atoms with Gasteiger partial charge in [-0.15, -0.1) is 0 Å². The predicted octanol–water partition coefficient (Wildman–Crippen LogP) is 0.561. The fraction of sp³-hybridized carbons (Fsp3) is 0.500. The van der Waals surface area contributed by atoms with Crippen molar-refractivity contribution in [2.75, 3.05) is 33.2 Å². The van der Waals surface area contributed by atoms with Crippen LogP contribution in [0, 0.1) is 0 Å². The molecular formula is C16H21N3O2. The average Bonchev–Trinajstić information content (AvgIpc) is 2.77. The van der Waals surface area contributed by atoms with Gasteiger partial charge in [0, 0.05) is 39.8 Å². The van der Waals surface area contributed by atoms with Crippen LogP contribution in [0.1, 0.15) is 12.0 Å². The molecule has 0 aromatic heterocycles. The monoisotopic (exact) mass is 287 g/mol. The summed E-state index contributed by atoms with van der Waals surface area (Å²) in [6, 6.07) is 10.2. The van der Waals surface area contributed by atoms with Crippen LogP contribution in [0.25, 0.3) is 0 Å². The third-order valence-electron chi connectivity index (χ3n) is 4.45. The first-order valence-electron chi connectivity index (χ1n) is 7.46. The van der Waals surface area contributed by atoms with Gasteiger partial charge in [-0.3, -0.25) is 24.3 Å². The van der Waals surface area contributed by atoms with Crippen LogP contribution in [0.3, 0.4) is 0 Å². The number of carbonyl (C=O) groups excluding carboxylic acids is 2. The van der Waals surface area contributed by atoms with E-state index in [1.54, 1.807) is 7.05 Å². The molecule has 2 aliphatic rings. The van der Waals surface area contributed by atoms with Crippen molar-refractivity contribution in [3.8, 4) is 0 Å².